The van der Waals surface area contributed by atoms with Gasteiger partial charge in [0.1, 0.15) is 17.1 Å². The summed E-state index contributed by atoms with van der Waals surface area (Å²) in [4.78, 5) is 21.0. The number of benzene rings is 1. The van der Waals surface area contributed by atoms with E-state index in [1.807, 2.05) is 0 Å². The number of hydrazine groups is 1. The van der Waals surface area contributed by atoms with E-state index in [9.17, 15) is 24.9 Å². The number of carboxylic acid groups (broad SMARTS) is 2. The minimum absolute atomic E-state index is 0.000605. The molecule has 23 heavy (non-hydrogen) atoms. The highest BCUT2D eigenvalue weighted by atomic mass is 35.5. The summed E-state index contributed by atoms with van der Waals surface area (Å²) in [7, 11) is 0. The van der Waals surface area contributed by atoms with Crippen LogP contribution in [0.2, 0.25) is 0 Å². The maximum absolute atomic E-state index is 11.6. The molecule has 0 fully saturated rings. The van der Waals surface area contributed by atoms with Gasteiger partial charge in [-0.3, -0.25) is 0 Å². The third-order valence-electron chi connectivity index (χ3n) is 3.32. The Bertz CT molecular complexity index is 803. The van der Waals surface area contributed by atoms with Gasteiger partial charge in [0.15, 0.2) is 4.87 Å². The van der Waals surface area contributed by atoms with Crippen LogP contribution in [0.15, 0.2) is 53.3 Å². The number of hydrogen-bond donors (Lipinski definition) is 3. The highest BCUT2D eigenvalue weighted by Crippen LogP contribution is 2.37. The Kier molecular flexibility index (Phi) is 3.26. The number of nitrogens with zero attached hydrogens (tertiary/aromatic N) is 3. The molecule has 0 aromatic heterocycles. The van der Waals surface area contributed by atoms with Gasteiger partial charge >= 0.3 is 12.1 Å². The van der Waals surface area contributed by atoms with Gasteiger partial charge in [-0.1, -0.05) is 23.7 Å². The number of aliphatic carboxylic acids is 1. The number of phenols is 1. The Morgan fingerprint density at radius 1 is 1.22 bits per heavy atom. The van der Waals surface area contributed by atoms with E-state index in [1.54, 1.807) is 12.1 Å². The lowest BCUT2D eigenvalue weighted by molar-refractivity contribution is -0.137. The van der Waals surface area contributed by atoms with E-state index < -0.39 is 16.9 Å². The van der Waals surface area contributed by atoms with Gasteiger partial charge in [-0.25, -0.2) is 9.59 Å². The van der Waals surface area contributed by atoms with Crippen molar-refractivity contribution in [3.05, 3.63) is 48.2 Å². The van der Waals surface area contributed by atoms with Crippen molar-refractivity contribution in [1.29, 1.82) is 0 Å². The van der Waals surface area contributed by atoms with Gasteiger partial charge in [0.05, 0.1) is 5.70 Å². The van der Waals surface area contributed by atoms with E-state index in [-0.39, 0.29) is 22.8 Å². The van der Waals surface area contributed by atoms with E-state index >= 15 is 0 Å². The molecule has 0 saturated carbocycles. The zero-order valence-electron chi connectivity index (χ0n) is 11.4. The third-order valence-corrected chi connectivity index (χ3v) is 3.72. The minimum atomic E-state index is -1.86. The van der Waals surface area contributed by atoms with Crippen molar-refractivity contribution >= 4 is 35.1 Å². The first kappa shape index (κ1) is 14.9. The SMILES string of the molecule is O=C(O)N1C2=CC(Cl)(C(=O)O)C=CC2=NN1c1ccccc1O. The highest BCUT2D eigenvalue weighted by Gasteiger charge is 2.42. The Labute approximate surface area is 134 Å². The number of halogens is 1. The van der Waals surface area contributed by atoms with Crippen LogP contribution in [0.3, 0.4) is 0 Å². The molecular formula is C14H10ClN3O5. The number of anilines is 1. The molecule has 118 valence electrons. The Morgan fingerprint density at radius 3 is 2.52 bits per heavy atom. The molecule has 9 heteroatoms. The summed E-state index contributed by atoms with van der Waals surface area (Å²) in [6.45, 7) is 0. The largest absolute Gasteiger partial charge is 0.506 e. The average molecular weight is 336 g/mol. The third kappa shape index (κ3) is 2.29. The number of para-hydroxylation sites is 2. The number of fused-ring (bicyclic) bond motifs is 1. The maximum Gasteiger partial charge on any atom is 0.432 e. The summed E-state index contributed by atoms with van der Waals surface area (Å²) in [5, 5.41) is 34.3. The quantitative estimate of drug-likeness (QED) is 0.712. The number of phenolic OH excluding ortho intramolecular Hbond substituents is 1. The molecule has 2 aliphatic rings. The smallest absolute Gasteiger partial charge is 0.432 e. The Hall–Kier alpha value is -3.00. The van der Waals surface area contributed by atoms with Crippen molar-refractivity contribution in [3.8, 4) is 5.75 Å². The normalized spacial score (nSPS) is 22.5. The molecule has 1 aliphatic heterocycles. The van der Waals surface area contributed by atoms with Crippen molar-refractivity contribution in [2.45, 2.75) is 4.87 Å². The molecule has 1 aromatic carbocycles. The minimum Gasteiger partial charge on any atom is -0.506 e. The second kappa shape index (κ2) is 5.03. The summed E-state index contributed by atoms with van der Waals surface area (Å²) >= 11 is 5.97. The van der Waals surface area contributed by atoms with Crippen molar-refractivity contribution in [3.63, 3.8) is 0 Å². The molecule has 8 nitrogen and oxygen atoms in total. The molecule has 0 saturated heterocycles. The Morgan fingerprint density at radius 2 is 1.91 bits per heavy atom. The fourth-order valence-corrected chi connectivity index (χ4v) is 2.39. The van der Waals surface area contributed by atoms with E-state index in [0.717, 1.165) is 11.2 Å². The van der Waals surface area contributed by atoms with Gasteiger partial charge in [0, 0.05) is 0 Å². The zero-order valence-corrected chi connectivity index (χ0v) is 12.2. The average Bonchev–Trinajstić information content (AvgIpc) is 2.85. The van der Waals surface area contributed by atoms with Gasteiger partial charge in [0.2, 0.25) is 0 Å². The van der Waals surface area contributed by atoms with Gasteiger partial charge in [-0.2, -0.15) is 10.1 Å². The second-order valence-electron chi connectivity index (χ2n) is 4.79. The number of amides is 1. The van der Waals surface area contributed by atoms with Crippen LogP contribution >= 0.6 is 11.6 Å². The summed E-state index contributed by atoms with van der Waals surface area (Å²) in [6, 6.07) is 6.03. The standard InChI is InChI=1S/C14H10ClN3O5/c15-14(12(20)21)6-5-8-10(7-14)17(13(22)23)18(16-8)9-3-1-2-4-11(9)19/h1-7,19H,(H,20,21)(H,22,23). The van der Waals surface area contributed by atoms with Gasteiger partial charge in [0.25, 0.3) is 0 Å². The first-order chi connectivity index (χ1) is 10.8. The molecule has 3 N–H and O–H groups in total. The first-order valence-corrected chi connectivity index (χ1v) is 6.76. The predicted molar refractivity (Wildman–Crippen MR) is 81.3 cm³/mol. The number of alkyl halides is 1. The molecule has 1 aromatic rings. The lowest BCUT2D eigenvalue weighted by Gasteiger charge is -2.27. The molecule has 1 heterocycles. The molecule has 3 rings (SSSR count). The van der Waals surface area contributed by atoms with Gasteiger partial charge < -0.3 is 15.3 Å². The summed E-state index contributed by atoms with van der Waals surface area (Å²) in [5.74, 6) is -1.52. The summed E-state index contributed by atoms with van der Waals surface area (Å²) < 4.78 is 0. The number of allylic oxidation sites excluding steroid dienone is 1. The van der Waals surface area contributed by atoms with Crippen LogP contribution in [0.5, 0.6) is 5.75 Å². The van der Waals surface area contributed by atoms with E-state index in [4.69, 9.17) is 11.6 Å². The molecule has 0 spiro atoms. The fraction of sp³-hybridized carbons (Fsp3) is 0.0714. The van der Waals surface area contributed by atoms with Crippen molar-refractivity contribution < 1.29 is 24.9 Å². The van der Waals surface area contributed by atoms with Crippen LogP contribution in [0, 0.1) is 0 Å². The van der Waals surface area contributed by atoms with Gasteiger partial charge in [-0.15, -0.1) is 5.10 Å². The maximum atomic E-state index is 11.6. The van der Waals surface area contributed by atoms with Crippen LogP contribution in [-0.2, 0) is 4.79 Å². The van der Waals surface area contributed by atoms with Gasteiger partial charge in [-0.05, 0) is 30.4 Å². The molecule has 1 atom stereocenters. The molecule has 1 amide bonds. The number of rotatable bonds is 2. The van der Waals surface area contributed by atoms with Crippen molar-refractivity contribution in [2.75, 3.05) is 5.12 Å². The molecule has 1 aliphatic carbocycles. The zero-order chi connectivity index (χ0) is 16.8. The number of carbonyl (C=O) groups is 2. The molecule has 0 bridgehead atoms. The second-order valence-corrected chi connectivity index (χ2v) is 5.42. The number of aromatic hydroxyl groups is 1. The predicted octanol–water partition coefficient (Wildman–Crippen LogP) is 1.98. The first-order valence-electron chi connectivity index (χ1n) is 6.38. The molecule has 0 radical (unpaired) electrons. The van der Waals surface area contributed by atoms with Crippen molar-refractivity contribution in [2.24, 2.45) is 5.10 Å². The topological polar surface area (TPSA) is 114 Å². The summed E-state index contributed by atoms with van der Waals surface area (Å²) in [5.41, 5.74) is 0.343. The number of hydrogen-bond acceptors (Lipinski definition) is 5. The van der Waals surface area contributed by atoms with Crippen LogP contribution < -0.4 is 5.12 Å². The van der Waals surface area contributed by atoms with Crippen LogP contribution in [-0.4, -0.2) is 43.0 Å². The lowest BCUT2D eigenvalue weighted by Crippen LogP contribution is -2.41. The molecule has 1 unspecified atom stereocenters. The lowest BCUT2D eigenvalue weighted by atomic mass is 9.99. The van der Waals surface area contributed by atoms with Crippen LogP contribution in [0.1, 0.15) is 0 Å². The summed E-state index contributed by atoms with van der Waals surface area (Å²) in [6.07, 6.45) is 2.21. The highest BCUT2D eigenvalue weighted by molar-refractivity contribution is 6.38. The van der Waals surface area contributed by atoms with Crippen LogP contribution in [0.25, 0.3) is 0 Å². The van der Waals surface area contributed by atoms with E-state index in [1.165, 1.54) is 24.3 Å². The monoisotopic (exact) mass is 335 g/mol. The van der Waals surface area contributed by atoms with Crippen molar-refractivity contribution in [1.82, 2.24) is 5.01 Å². The fourth-order valence-electron chi connectivity index (χ4n) is 2.22. The number of carboxylic acids is 1. The molecular weight excluding hydrogens is 326 g/mol. The Balaban J connectivity index is 2.12. The van der Waals surface area contributed by atoms with E-state index in [2.05, 4.69) is 5.10 Å². The van der Waals surface area contributed by atoms with Crippen LogP contribution in [0.4, 0.5) is 10.5 Å². The van der Waals surface area contributed by atoms with E-state index in [0.29, 0.717) is 5.01 Å². The number of hydrazone groups is 1.